The molecule has 0 amide bonds. The van der Waals surface area contributed by atoms with Gasteiger partial charge in [0.15, 0.2) is 5.13 Å². The van der Waals surface area contributed by atoms with Gasteiger partial charge in [0.05, 0.1) is 11.7 Å². The van der Waals surface area contributed by atoms with Crippen LogP contribution in [0.4, 0.5) is 21.3 Å². The van der Waals surface area contributed by atoms with Crippen LogP contribution in [-0.4, -0.2) is 50.5 Å². The maximum atomic E-state index is 13.5. The van der Waals surface area contributed by atoms with Gasteiger partial charge in [-0.2, -0.15) is 5.26 Å². The third-order valence-corrected chi connectivity index (χ3v) is 7.57. The molecule has 1 aliphatic rings. The van der Waals surface area contributed by atoms with Gasteiger partial charge in [-0.15, -0.1) is 0 Å². The second kappa shape index (κ2) is 9.81. The van der Waals surface area contributed by atoms with Crippen LogP contribution in [0, 0.1) is 17.1 Å². The van der Waals surface area contributed by atoms with E-state index in [0.717, 1.165) is 47.8 Å². The van der Waals surface area contributed by atoms with Gasteiger partial charge >= 0.3 is 0 Å². The molecule has 6 rings (SSSR count). The molecule has 1 saturated heterocycles. The van der Waals surface area contributed by atoms with E-state index in [1.807, 2.05) is 47.1 Å². The van der Waals surface area contributed by atoms with E-state index in [0.29, 0.717) is 33.3 Å². The first-order valence-corrected chi connectivity index (χ1v) is 13.1. The quantitative estimate of drug-likeness (QED) is 0.317. The topological polar surface area (TPSA) is 107 Å². The number of nitriles is 1. The van der Waals surface area contributed by atoms with E-state index in [1.54, 1.807) is 12.1 Å². The Morgan fingerprint density at radius 2 is 1.84 bits per heavy atom. The van der Waals surface area contributed by atoms with Gasteiger partial charge in [0, 0.05) is 55.4 Å². The van der Waals surface area contributed by atoms with Crippen molar-refractivity contribution in [2.75, 3.05) is 30.4 Å². The second-order valence-corrected chi connectivity index (χ2v) is 10.0. The van der Waals surface area contributed by atoms with Gasteiger partial charge in [0.1, 0.15) is 33.9 Å². The number of rotatable bonds is 7. The van der Waals surface area contributed by atoms with Crippen molar-refractivity contribution in [2.45, 2.75) is 19.4 Å². The van der Waals surface area contributed by atoms with Crippen molar-refractivity contribution < 1.29 is 4.39 Å². The lowest BCUT2D eigenvalue weighted by molar-refractivity contribution is 0.470. The average molecular weight is 526 g/mol. The Hall–Kier alpha value is -4.40. The van der Waals surface area contributed by atoms with Crippen LogP contribution in [0.5, 0.6) is 0 Å². The average Bonchev–Trinajstić information content (AvgIpc) is 3.52. The van der Waals surface area contributed by atoms with Crippen LogP contribution in [0.3, 0.4) is 0 Å². The maximum Gasteiger partial charge on any atom is 0.222 e. The van der Waals surface area contributed by atoms with Crippen LogP contribution in [0.15, 0.2) is 55.0 Å². The van der Waals surface area contributed by atoms with Crippen molar-refractivity contribution in [3.8, 4) is 28.5 Å². The molecule has 0 radical (unpaired) electrons. The molecule has 0 spiro atoms. The number of nitrogens with zero attached hydrogens (tertiary/aromatic N) is 7. The molecule has 0 aliphatic carbocycles. The number of pyridine rings is 1. The van der Waals surface area contributed by atoms with Gasteiger partial charge in [-0.05, 0) is 42.8 Å². The third-order valence-electron chi connectivity index (χ3n) is 6.54. The third kappa shape index (κ3) is 4.34. The van der Waals surface area contributed by atoms with Gasteiger partial charge in [0.2, 0.25) is 5.95 Å². The predicted molar refractivity (Wildman–Crippen MR) is 146 cm³/mol. The zero-order valence-corrected chi connectivity index (χ0v) is 21.6. The summed E-state index contributed by atoms with van der Waals surface area (Å²) in [7, 11) is 1.92. The van der Waals surface area contributed by atoms with Crippen LogP contribution in [-0.2, 0) is 6.42 Å². The van der Waals surface area contributed by atoms with Crippen LogP contribution in [0.2, 0.25) is 0 Å². The number of halogens is 1. The number of nitrogens with one attached hydrogen (secondary N) is 2. The Labute approximate surface area is 222 Å². The number of hydrogen-bond acceptors (Lipinski definition) is 9. The fourth-order valence-electron chi connectivity index (χ4n) is 4.39. The minimum Gasteiger partial charge on any atom is -0.349 e. The SMILES string of the molecule is CCc1nc2ccc(-c3cnc(NC4CNC4)nc3)cn2c1N(C)c1nc(-c2ccc(F)cc2)c(C#N)s1. The molecule has 4 aromatic heterocycles. The van der Waals surface area contributed by atoms with Gasteiger partial charge in [0.25, 0.3) is 0 Å². The summed E-state index contributed by atoms with van der Waals surface area (Å²) < 4.78 is 15.5. The van der Waals surface area contributed by atoms with Crippen molar-refractivity contribution >= 4 is 33.9 Å². The summed E-state index contributed by atoms with van der Waals surface area (Å²) in [6.45, 7) is 3.89. The van der Waals surface area contributed by atoms with Crippen LogP contribution in [0.25, 0.3) is 28.0 Å². The Balaban J connectivity index is 1.37. The first-order chi connectivity index (χ1) is 18.5. The monoisotopic (exact) mass is 525 g/mol. The van der Waals surface area contributed by atoms with Crippen molar-refractivity contribution in [2.24, 2.45) is 0 Å². The summed E-state index contributed by atoms with van der Waals surface area (Å²) in [5.74, 6) is 1.15. The molecular weight excluding hydrogens is 501 g/mol. The molecule has 1 fully saturated rings. The molecule has 2 N–H and O–H groups in total. The van der Waals surface area contributed by atoms with E-state index in [2.05, 4.69) is 33.6 Å². The van der Waals surface area contributed by atoms with E-state index in [4.69, 9.17) is 9.97 Å². The highest BCUT2D eigenvalue weighted by Crippen LogP contribution is 2.37. The molecule has 9 nitrogen and oxygen atoms in total. The lowest BCUT2D eigenvalue weighted by atomic mass is 10.1. The Kier molecular flexibility index (Phi) is 6.19. The number of anilines is 3. The molecule has 11 heteroatoms. The molecule has 190 valence electrons. The number of aryl methyl sites for hydroxylation is 1. The lowest BCUT2D eigenvalue weighted by Gasteiger charge is -2.27. The summed E-state index contributed by atoms with van der Waals surface area (Å²) in [6.07, 6.45) is 6.38. The second-order valence-electron chi connectivity index (χ2n) is 9.03. The molecule has 0 saturated carbocycles. The largest absolute Gasteiger partial charge is 0.349 e. The smallest absolute Gasteiger partial charge is 0.222 e. The first kappa shape index (κ1) is 24.0. The van der Waals surface area contributed by atoms with E-state index in [9.17, 15) is 9.65 Å². The minimum absolute atomic E-state index is 0.332. The highest BCUT2D eigenvalue weighted by atomic mass is 32.1. The van der Waals surface area contributed by atoms with Gasteiger partial charge in [-0.3, -0.25) is 4.40 Å². The number of fused-ring (bicyclic) bond motifs is 1. The summed E-state index contributed by atoms with van der Waals surface area (Å²) in [5, 5.41) is 17.0. The molecule has 5 aromatic rings. The zero-order valence-electron chi connectivity index (χ0n) is 20.8. The molecule has 0 bridgehead atoms. The van der Waals surface area contributed by atoms with Crippen molar-refractivity contribution in [1.82, 2.24) is 29.7 Å². The molecule has 38 heavy (non-hydrogen) atoms. The van der Waals surface area contributed by atoms with Crippen molar-refractivity contribution in [3.63, 3.8) is 0 Å². The van der Waals surface area contributed by atoms with Crippen LogP contribution >= 0.6 is 11.3 Å². The fraction of sp³-hybridized carbons (Fsp3) is 0.222. The highest BCUT2D eigenvalue weighted by Gasteiger charge is 2.22. The van der Waals surface area contributed by atoms with Gasteiger partial charge in [-0.1, -0.05) is 18.3 Å². The predicted octanol–water partition coefficient (Wildman–Crippen LogP) is 4.64. The summed E-state index contributed by atoms with van der Waals surface area (Å²) in [5.41, 5.74) is 4.79. The normalized spacial score (nSPS) is 13.3. The van der Waals surface area contributed by atoms with Crippen LogP contribution < -0.4 is 15.5 Å². The first-order valence-electron chi connectivity index (χ1n) is 12.2. The fourth-order valence-corrected chi connectivity index (χ4v) is 5.24. The summed E-state index contributed by atoms with van der Waals surface area (Å²) >= 11 is 1.29. The van der Waals surface area contributed by atoms with Crippen molar-refractivity contribution in [1.29, 1.82) is 5.26 Å². The maximum absolute atomic E-state index is 13.5. The standard InChI is InChI=1S/C27H24FN9S/c1-3-21-25(36(2)27-35-24(22(10-29)38-27)16-4-7-19(28)8-5-16)37-15-17(6-9-23(37)34-21)18-11-31-26(32-12-18)33-20-13-30-14-20/h4-9,11-12,15,20,30H,3,13-14H2,1-2H3,(H,31,32,33). The Morgan fingerprint density at radius 1 is 1.11 bits per heavy atom. The summed E-state index contributed by atoms with van der Waals surface area (Å²) in [4.78, 5) is 21.0. The Morgan fingerprint density at radius 3 is 2.50 bits per heavy atom. The zero-order chi connectivity index (χ0) is 26.2. The van der Waals surface area contributed by atoms with E-state index < -0.39 is 0 Å². The number of benzene rings is 1. The molecule has 5 heterocycles. The van der Waals surface area contributed by atoms with Gasteiger partial charge < -0.3 is 15.5 Å². The molecular formula is C27H24FN9S. The number of imidazole rings is 1. The molecule has 1 aromatic carbocycles. The molecule has 0 atom stereocenters. The Bertz CT molecular complexity index is 1650. The number of aromatic nitrogens is 5. The highest BCUT2D eigenvalue weighted by molar-refractivity contribution is 7.16. The molecule has 0 unspecified atom stereocenters. The number of thiazole rings is 1. The van der Waals surface area contributed by atoms with Crippen molar-refractivity contribution in [3.05, 3.63) is 71.4 Å². The van der Waals surface area contributed by atoms with E-state index in [-0.39, 0.29) is 5.82 Å². The lowest BCUT2D eigenvalue weighted by Crippen LogP contribution is -2.51. The van der Waals surface area contributed by atoms with E-state index >= 15 is 0 Å². The van der Waals surface area contributed by atoms with Gasteiger partial charge in [-0.25, -0.2) is 24.3 Å². The van der Waals surface area contributed by atoms with Crippen LogP contribution in [0.1, 0.15) is 17.5 Å². The number of hydrogen-bond donors (Lipinski definition) is 2. The minimum atomic E-state index is -0.332. The summed E-state index contributed by atoms with van der Waals surface area (Å²) in [6, 6.07) is 12.6. The molecule has 1 aliphatic heterocycles. The van der Waals surface area contributed by atoms with E-state index in [1.165, 1.54) is 23.5 Å².